The van der Waals surface area contributed by atoms with Crippen molar-refractivity contribution in [1.82, 2.24) is 9.88 Å². The highest BCUT2D eigenvalue weighted by atomic mass is 32.2. The lowest BCUT2D eigenvalue weighted by molar-refractivity contribution is 0.0961. The van der Waals surface area contributed by atoms with Gasteiger partial charge in [-0.25, -0.2) is 4.79 Å². The molecule has 3 rings (SSSR count). The van der Waals surface area contributed by atoms with Crippen LogP contribution in [0.3, 0.4) is 0 Å². The van der Waals surface area contributed by atoms with Crippen LogP contribution in [0.5, 0.6) is 0 Å². The van der Waals surface area contributed by atoms with Crippen molar-refractivity contribution >= 4 is 33.1 Å². The van der Waals surface area contributed by atoms with Crippen LogP contribution in [0, 0.1) is 0 Å². The van der Waals surface area contributed by atoms with Crippen molar-refractivity contribution in [2.45, 2.75) is 4.90 Å². The van der Waals surface area contributed by atoms with E-state index in [9.17, 15) is 18.0 Å². The Morgan fingerprint density at radius 2 is 1.50 bits per heavy atom. The van der Waals surface area contributed by atoms with Crippen molar-refractivity contribution in [1.29, 1.82) is 0 Å². The predicted octanol–water partition coefficient (Wildman–Crippen LogP) is 1.72. The maximum absolute atomic E-state index is 12.1. The first kappa shape index (κ1) is 14.2. The van der Waals surface area contributed by atoms with Crippen molar-refractivity contribution < 1.29 is 22.6 Å². The largest absolute Gasteiger partial charge is 0.333 e. The lowest BCUT2D eigenvalue weighted by atomic mass is 10.2. The zero-order valence-electron chi connectivity index (χ0n) is 11.1. The molecule has 0 aliphatic rings. The molecule has 0 saturated heterocycles. The first-order valence-corrected chi connectivity index (χ1v) is 7.64. The predicted molar refractivity (Wildman–Crippen MR) is 77.6 cm³/mol. The summed E-state index contributed by atoms with van der Waals surface area (Å²) < 4.78 is 32.9. The van der Waals surface area contributed by atoms with Gasteiger partial charge in [0.15, 0.2) is 0 Å². The first-order valence-electron chi connectivity index (χ1n) is 6.20. The summed E-state index contributed by atoms with van der Waals surface area (Å²) in [6.07, 6.45) is 0. The van der Waals surface area contributed by atoms with E-state index in [0.717, 1.165) is 6.07 Å². The number of nitrogens with one attached hydrogen (secondary N) is 1. The lowest BCUT2D eigenvalue weighted by Gasteiger charge is -2.08. The molecular weight excluding hydrogens is 308 g/mol. The number of carbonyl (C=O) groups excluding carboxylic acids is 2. The smallest absolute Gasteiger partial charge is 0.282 e. The SMILES string of the molecule is O=C(NC(=O)n1c2ccc1cc2)c1ccccc1S(=O)(=O)O. The summed E-state index contributed by atoms with van der Waals surface area (Å²) in [6.45, 7) is 0. The molecule has 0 unspecified atom stereocenters. The van der Waals surface area contributed by atoms with Crippen LogP contribution in [0.1, 0.15) is 10.4 Å². The fourth-order valence-corrected chi connectivity index (χ4v) is 2.92. The van der Waals surface area contributed by atoms with Crippen LogP contribution >= 0.6 is 0 Å². The zero-order valence-corrected chi connectivity index (χ0v) is 11.9. The number of aromatic nitrogens is 1. The Bertz CT molecular complexity index is 926. The quantitative estimate of drug-likeness (QED) is 0.700. The third-order valence-electron chi connectivity index (χ3n) is 3.20. The summed E-state index contributed by atoms with van der Waals surface area (Å²) in [5.41, 5.74) is 0.924. The monoisotopic (exact) mass is 318 g/mol. The molecule has 2 aromatic heterocycles. The molecule has 0 fully saturated rings. The maximum atomic E-state index is 12.1. The number of fused-ring (bicyclic) bond motifs is 2. The average molecular weight is 318 g/mol. The number of hydrogen-bond donors (Lipinski definition) is 2. The number of imide groups is 1. The molecule has 0 spiro atoms. The van der Waals surface area contributed by atoms with E-state index in [2.05, 4.69) is 5.32 Å². The Labute approximate surface area is 125 Å². The van der Waals surface area contributed by atoms with E-state index in [4.69, 9.17) is 4.55 Å². The van der Waals surface area contributed by atoms with Crippen LogP contribution in [-0.4, -0.2) is 29.5 Å². The van der Waals surface area contributed by atoms with Gasteiger partial charge in [0.05, 0.1) is 16.6 Å². The second-order valence-corrected chi connectivity index (χ2v) is 5.97. The van der Waals surface area contributed by atoms with Crippen molar-refractivity contribution in [2.75, 3.05) is 0 Å². The van der Waals surface area contributed by atoms with Gasteiger partial charge < -0.3 is 0 Å². The maximum Gasteiger partial charge on any atom is 0.333 e. The number of hydrogen-bond acceptors (Lipinski definition) is 4. The highest BCUT2D eigenvalue weighted by Gasteiger charge is 2.22. The molecule has 0 radical (unpaired) electrons. The molecule has 112 valence electrons. The van der Waals surface area contributed by atoms with E-state index in [-0.39, 0.29) is 5.56 Å². The van der Waals surface area contributed by atoms with Gasteiger partial charge in [0.25, 0.3) is 16.0 Å². The van der Waals surface area contributed by atoms with Gasteiger partial charge in [0.2, 0.25) is 0 Å². The summed E-state index contributed by atoms with van der Waals surface area (Å²) in [6, 6.07) is 11.2. The Morgan fingerprint density at radius 3 is 2.05 bits per heavy atom. The molecule has 2 bridgehead atoms. The molecule has 0 atom stereocenters. The van der Waals surface area contributed by atoms with Crippen molar-refractivity contribution in [2.24, 2.45) is 0 Å². The van der Waals surface area contributed by atoms with Gasteiger partial charge in [0, 0.05) is 0 Å². The fraction of sp³-hybridized carbons (Fsp3) is 0. The number of benzene rings is 2. The average Bonchev–Trinajstić information content (AvgIpc) is 3.06. The number of carbonyl (C=O) groups is 2. The second-order valence-electron chi connectivity index (χ2n) is 4.58. The van der Waals surface area contributed by atoms with Crippen LogP contribution in [0.15, 0.2) is 53.4 Å². The van der Waals surface area contributed by atoms with Crippen LogP contribution in [0.4, 0.5) is 4.79 Å². The molecule has 2 N–H and O–H groups in total. The van der Waals surface area contributed by atoms with Gasteiger partial charge in [-0.15, -0.1) is 0 Å². The number of amides is 2. The molecule has 0 saturated carbocycles. The van der Waals surface area contributed by atoms with Gasteiger partial charge in [-0.05, 0) is 36.4 Å². The summed E-state index contributed by atoms with van der Waals surface area (Å²) in [5, 5.41) is 2.10. The van der Waals surface area contributed by atoms with E-state index < -0.39 is 27.0 Å². The lowest BCUT2D eigenvalue weighted by Crippen LogP contribution is -2.34. The van der Waals surface area contributed by atoms with E-state index in [1.807, 2.05) is 0 Å². The third kappa shape index (κ3) is 2.34. The standard InChI is InChI=1S/C14H10N2O5S/c17-13(11-3-1-2-4-12(11)22(19,20)21)15-14(18)16-9-5-6-10(16)8-7-9/h1-8H,(H,15,17,18)(H,19,20,21). The Hall–Kier alpha value is -2.71. The Balaban J connectivity index is 1.92. The molecule has 2 amide bonds. The molecular formula is C14H10N2O5S. The van der Waals surface area contributed by atoms with E-state index >= 15 is 0 Å². The van der Waals surface area contributed by atoms with Crippen LogP contribution in [0.2, 0.25) is 0 Å². The second kappa shape index (κ2) is 4.93. The van der Waals surface area contributed by atoms with Gasteiger partial charge >= 0.3 is 6.03 Å². The van der Waals surface area contributed by atoms with Gasteiger partial charge in [-0.3, -0.25) is 19.2 Å². The van der Waals surface area contributed by atoms with E-state index in [1.54, 1.807) is 24.3 Å². The van der Waals surface area contributed by atoms with Crippen LogP contribution < -0.4 is 5.32 Å². The minimum atomic E-state index is -4.56. The summed E-state index contributed by atoms with van der Waals surface area (Å²) in [4.78, 5) is 23.7. The Kier molecular flexibility index (Phi) is 3.19. The molecule has 3 aromatic rings. The van der Waals surface area contributed by atoms with Gasteiger partial charge in [0.1, 0.15) is 4.90 Å². The molecule has 7 nitrogen and oxygen atoms in total. The van der Waals surface area contributed by atoms with Crippen molar-refractivity contribution in [3.8, 4) is 0 Å². The van der Waals surface area contributed by atoms with Crippen LogP contribution in [-0.2, 0) is 10.1 Å². The van der Waals surface area contributed by atoms with E-state index in [0.29, 0.717) is 11.0 Å². The molecule has 22 heavy (non-hydrogen) atoms. The van der Waals surface area contributed by atoms with Crippen LogP contribution in [0.25, 0.3) is 11.0 Å². The first-order chi connectivity index (χ1) is 10.4. The summed E-state index contributed by atoms with van der Waals surface area (Å²) in [5.74, 6) is -0.911. The molecule has 2 heterocycles. The number of nitrogens with zero attached hydrogens (tertiary/aromatic N) is 1. The van der Waals surface area contributed by atoms with Crippen molar-refractivity contribution in [3.63, 3.8) is 0 Å². The fourth-order valence-electron chi connectivity index (χ4n) is 2.23. The topological polar surface area (TPSA) is 105 Å². The van der Waals surface area contributed by atoms with E-state index in [1.165, 1.54) is 22.8 Å². The third-order valence-corrected chi connectivity index (χ3v) is 4.11. The summed E-state index contributed by atoms with van der Waals surface area (Å²) in [7, 11) is -4.56. The molecule has 0 aliphatic carbocycles. The minimum Gasteiger partial charge on any atom is -0.282 e. The van der Waals surface area contributed by atoms with Crippen molar-refractivity contribution in [3.05, 3.63) is 54.1 Å². The summed E-state index contributed by atoms with van der Waals surface area (Å²) >= 11 is 0. The zero-order chi connectivity index (χ0) is 15.9. The van der Waals surface area contributed by atoms with Gasteiger partial charge in [-0.2, -0.15) is 8.42 Å². The normalized spacial score (nSPS) is 11.7. The molecule has 0 aliphatic heterocycles. The molecule has 8 heteroatoms. The highest BCUT2D eigenvalue weighted by molar-refractivity contribution is 7.86. The minimum absolute atomic E-state index is 0.305. The molecule has 1 aromatic carbocycles. The van der Waals surface area contributed by atoms with Gasteiger partial charge in [-0.1, -0.05) is 12.1 Å². The number of rotatable bonds is 2. The highest BCUT2D eigenvalue weighted by Crippen LogP contribution is 2.17. The Morgan fingerprint density at radius 1 is 0.955 bits per heavy atom.